The molecule has 3 aliphatic carbocycles. The van der Waals surface area contributed by atoms with Crippen LogP contribution in [-0.4, -0.2) is 60.5 Å². The van der Waals surface area contributed by atoms with Crippen LogP contribution in [0.15, 0.2) is 36.4 Å². The van der Waals surface area contributed by atoms with Crippen molar-refractivity contribution in [3.05, 3.63) is 58.1 Å². The number of fused-ring (bicyclic) bond motifs is 3. The van der Waals surface area contributed by atoms with Crippen LogP contribution in [0.2, 0.25) is 10.0 Å². The van der Waals surface area contributed by atoms with Crippen LogP contribution in [-0.2, 0) is 14.3 Å². The number of hydrogen-bond acceptors (Lipinski definition) is 6. The van der Waals surface area contributed by atoms with Gasteiger partial charge in [0.05, 0.1) is 33.3 Å². The van der Waals surface area contributed by atoms with E-state index in [0.29, 0.717) is 12.8 Å². The normalized spacial score (nSPS) is 26.4. The first-order valence-electron chi connectivity index (χ1n) is 11.5. The largest absolute Gasteiger partial charge is 0.484 e. The van der Waals surface area contributed by atoms with Crippen LogP contribution in [0.25, 0.3) is 0 Å². The van der Waals surface area contributed by atoms with Gasteiger partial charge in [-0.05, 0) is 37.1 Å². The molecule has 0 aliphatic heterocycles. The molecule has 0 spiro atoms. The summed E-state index contributed by atoms with van der Waals surface area (Å²) in [7, 11) is 1.49. The zero-order chi connectivity index (χ0) is 26.8. The first kappa shape index (κ1) is 27.4. The molecule has 0 aromatic heterocycles. The van der Waals surface area contributed by atoms with E-state index in [1.807, 2.05) is 0 Å². The van der Waals surface area contributed by atoms with Gasteiger partial charge in [0.15, 0.2) is 13.2 Å². The maximum Gasteiger partial charge on any atom is 0.258 e. The third-order valence-electron chi connectivity index (χ3n) is 6.96. The topological polar surface area (TPSA) is 106 Å². The van der Waals surface area contributed by atoms with E-state index < -0.39 is 53.3 Å². The fraction of sp³-hybridized carbons (Fsp3) is 0.440. The smallest absolute Gasteiger partial charge is 0.258 e. The molecule has 1 unspecified atom stereocenters. The van der Waals surface area contributed by atoms with Crippen molar-refractivity contribution in [2.45, 2.75) is 49.0 Å². The predicted octanol–water partition coefficient (Wildman–Crippen LogP) is 3.40. The van der Waals surface area contributed by atoms with E-state index >= 15 is 0 Å². The molecule has 2 aromatic carbocycles. The summed E-state index contributed by atoms with van der Waals surface area (Å²) in [5.74, 6) is -2.00. The monoisotopic (exact) mass is 558 g/mol. The molecule has 3 fully saturated rings. The van der Waals surface area contributed by atoms with Gasteiger partial charge in [-0.25, -0.2) is 8.78 Å². The molecular formula is C25H26Cl2F2N2O6. The summed E-state index contributed by atoms with van der Waals surface area (Å²) in [6.07, 6.45) is -0.303. The van der Waals surface area contributed by atoms with Gasteiger partial charge >= 0.3 is 0 Å². The van der Waals surface area contributed by atoms with E-state index in [1.165, 1.54) is 31.4 Å². The Kier molecular flexibility index (Phi) is 8.13. The van der Waals surface area contributed by atoms with Gasteiger partial charge in [0.2, 0.25) is 0 Å². The molecule has 0 radical (unpaired) electrons. The van der Waals surface area contributed by atoms with Gasteiger partial charge in [0.1, 0.15) is 23.1 Å². The van der Waals surface area contributed by atoms with Gasteiger partial charge in [0, 0.05) is 32.1 Å². The van der Waals surface area contributed by atoms with Crippen LogP contribution in [0.5, 0.6) is 11.5 Å². The Labute approximate surface area is 222 Å². The number of methoxy groups -OCH3 is 1. The molecule has 8 nitrogen and oxygen atoms in total. The third kappa shape index (κ3) is 5.93. The van der Waals surface area contributed by atoms with Crippen LogP contribution in [0, 0.1) is 11.6 Å². The van der Waals surface area contributed by atoms with Gasteiger partial charge in [-0.1, -0.05) is 23.2 Å². The van der Waals surface area contributed by atoms with E-state index in [0.717, 1.165) is 12.1 Å². The van der Waals surface area contributed by atoms with Crippen molar-refractivity contribution >= 4 is 35.0 Å². The number of halogens is 4. The number of aliphatic hydroxyl groups is 1. The minimum absolute atomic E-state index is 0.0574. The maximum absolute atomic E-state index is 13.6. The molecule has 3 aliphatic rings. The average Bonchev–Trinajstić information content (AvgIpc) is 2.86. The van der Waals surface area contributed by atoms with Gasteiger partial charge < -0.3 is 30.0 Å². The molecule has 2 aromatic rings. The molecule has 0 heterocycles. The summed E-state index contributed by atoms with van der Waals surface area (Å²) >= 11 is 11.3. The second-order valence-electron chi connectivity index (χ2n) is 9.29. The fourth-order valence-corrected chi connectivity index (χ4v) is 5.31. The lowest BCUT2D eigenvalue weighted by atomic mass is 9.58. The molecule has 2 amide bonds. The zero-order valence-corrected chi connectivity index (χ0v) is 21.4. The Balaban J connectivity index is 1.35. The van der Waals surface area contributed by atoms with Crippen LogP contribution < -0.4 is 20.1 Å². The maximum atomic E-state index is 13.6. The molecule has 3 saturated carbocycles. The minimum atomic E-state index is -0.976. The zero-order valence-electron chi connectivity index (χ0n) is 19.9. The highest BCUT2D eigenvalue weighted by molar-refractivity contribution is 6.31. The van der Waals surface area contributed by atoms with Gasteiger partial charge in [-0.2, -0.15) is 0 Å². The lowest BCUT2D eigenvalue weighted by molar-refractivity contribution is -0.157. The van der Waals surface area contributed by atoms with Gasteiger partial charge in [-0.3, -0.25) is 9.59 Å². The van der Waals surface area contributed by atoms with Crippen LogP contribution >= 0.6 is 23.2 Å². The van der Waals surface area contributed by atoms with Crippen molar-refractivity contribution in [3.63, 3.8) is 0 Å². The number of carbonyl (C=O) groups is 2. The highest BCUT2D eigenvalue weighted by Gasteiger charge is 2.60. The molecule has 3 N–H and O–H groups in total. The molecule has 0 saturated heterocycles. The summed E-state index contributed by atoms with van der Waals surface area (Å²) in [6.45, 7) is -0.766. The van der Waals surface area contributed by atoms with Crippen LogP contribution in [0.3, 0.4) is 0 Å². The van der Waals surface area contributed by atoms with Crippen LogP contribution in [0.1, 0.15) is 25.7 Å². The minimum Gasteiger partial charge on any atom is -0.484 e. The van der Waals surface area contributed by atoms with Gasteiger partial charge in [-0.15, -0.1) is 0 Å². The number of aliphatic hydroxyl groups excluding tert-OH is 1. The molecule has 12 heteroatoms. The highest BCUT2D eigenvalue weighted by Crippen LogP contribution is 2.48. The standard InChI is InChI=1S/C25H26Cl2F2N2O6/c1-35-21-11-24(30-22(33)12-36-14-2-4-16(26)18(28)8-14)6-7-25(21,10-20(24)32)31-23(34)13-37-15-3-5-17(27)19(29)9-15/h2-5,8-9,20-21,32H,6-7,10-13H2,1H3,(H,30,33)(H,31,34)/t20?,21-,24-,25-/m1/s1. The number of carbonyl (C=O) groups excluding carboxylic acids is 2. The number of ether oxygens (including phenoxy) is 3. The summed E-state index contributed by atoms with van der Waals surface area (Å²) in [5, 5.41) is 16.7. The van der Waals surface area contributed by atoms with Crippen molar-refractivity contribution in [2.24, 2.45) is 0 Å². The predicted molar refractivity (Wildman–Crippen MR) is 131 cm³/mol. The van der Waals surface area contributed by atoms with E-state index in [1.54, 1.807) is 0 Å². The summed E-state index contributed by atoms with van der Waals surface area (Å²) in [4.78, 5) is 25.3. The van der Waals surface area contributed by atoms with Crippen molar-refractivity contribution in [1.29, 1.82) is 0 Å². The first-order chi connectivity index (χ1) is 17.6. The quantitative estimate of drug-likeness (QED) is 0.435. The first-order valence-corrected chi connectivity index (χ1v) is 12.3. The van der Waals surface area contributed by atoms with Crippen molar-refractivity contribution < 1.29 is 37.7 Å². The Morgan fingerprint density at radius 2 is 1.41 bits per heavy atom. The van der Waals surface area contributed by atoms with E-state index in [2.05, 4.69) is 10.6 Å². The molecule has 2 bridgehead atoms. The van der Waals surface area contributed by atoms with E-state index in [4.69, 9.17) is 37.4 Å². The lowest BCUT2D eigenvalue weighted by Gasteiger charge is -2.59. The van der Waals surface area contributed by atoms with E-state index in [9.17, 15) is 23.5 Å². The Morgan fingerprint density at radius 1 is 0.919 bits per heavy atom. The fourth-order valence-electron chi connectivity index (χ4n) is 5.07. The van der Waals surface area contributed by atoms with Gasteiger partial charge in [0.25, 0.3) is 11.8 Å². The Bertz CT molecular complexity index is 1190. The number of nitrogens with one attached hydrogen (secondary N) is 2. The third-order valence-corrected chi connectivity index (χ3v) is 7.57. The van der Waals surface area contributed by atoms with Crippen molar-refractivity contribution in [1.82, 2.24) is 10.6 Å². The molecular weight excluding hydrogens is 533 g/mol. The van der Waals surface area contributed by atoms with Crippen molar-refractivity contribution in [3.8, 4) is 11.5 Å². The van der Waals surface area contributed by atoms with Crippen molar-refractivity contribution in [2.75, 3.05) is 20.3 Å². The summed E-state index contributed by atoms with van der Waals surface area (Å²) < 4.78 is 43.6. The number of amides is 2. The number of benzene rings is 2. The lowest BCUT2D eigenvalue weighted by Crippen LogP contribution is -2.76. The summed E-state index contributed by atoms with van der Waals surface area (Å²) in [5.41, 5.74) is -1.85. The molecule has 37 heavy (non-hydrogen) atoms. The number of rotatable bonds is 9. The van der Waals surface area contributed by atoms with Crippen LogP contribution in [0.4, 0.5) is 8.78 Å². The molecule has 4 atom stereocenters. The highest BCUT2D eigenvalue weighted by atomic mass is 35.5. The molecule has 200 valence electrons. The average molecular weight is 559 g/mol. The molecule has 5 rings (SSSR count). The second-order valence-corrected chi connectivity index (χ2v) is 10.1. The Hall–Kier alpha value is -2.66. The Morgan fingerprint density at radius 3 is 1.86 bits per heavy atom. The number of hydrogen-bond donors (Lipinski definition) is 3. The SMILES string of the molecule is CO[C@@H]1C[C@]2(NC(=O)COc3ccc(Cl)c(F)c3)CC[C@@]1(NC(=O)COc1ccc(Cl)c(F)c1)CC2O. The van der Waals surface area contributed by atoms with E-state index in [-0.39, 0.29) is 41.0 Å². The summed E-state index contributed by atoms with van der Waals surface area (Å²) in [6, 6.07) is 7.71. The second kappa shape index (κ2) is 11.0.